The number of carbonyl (C=O) groups excluding carboxylic acids is 1. The Bertz CT molecular complexity index is 550. The van der Waals surface area contributed by atoms with Crippen LogP contribution in [0, 0.1) is 11.8 Å². The second-order valence-electron chi connectivity index (χ2n) is 4.24. The third-order valence-electron chi connectivity index (χ3n) is 2.51. The van der Waals surface area contributed by atoms with Crippen molar-refractivity contribution in [1.82, 2.24) is 5.32 Å². The highest BCUT2D eigenvalue weighted by molar-refractivity contribution is 9.09. The Morgan fingerprint density at radius 2 is 2.09 bits per heavy atom. The molecule has 0 aliphatic carbocycles. The van der Waals surface area contributed by atoms with E-state index >= 15 is 0 Å². The lowest BCUT2D eigenvalue weighted by atomic mass is 10.2. The summed E-state index contributed by atoms with van der Waals surface area (Å²) in [6.07, 6.45) is -3.23. The summed E-state index contributed by atoms with van der Waals surface area (Å²) >= 11 is 3.22. The van der Waals surface area contributed by atoms with Crippen molar-refractivity contribution in [3.8, 4) is 17.6 Å². The van der Waals surface area contributed by atoms with Crippen LogP contribution in [0.15, 0.2) is 24.3 Å². The number of rotatable bonds is 6. The van der Waals surface area contributed by atoms with Gasteiger partial charge in [0.15, 0.2) is 0 Å². The molecule has 0 aliphatic heterocycles. The number of halogens is 4. The van der Waals surface area contributed by atoms with Crippen LogP contribution in [0.1, 0.15) is 18.4 Å². The molecule has 1 rings (SSSR count). The van der Waals surface area contributed by atoms with E-state index in [0.29, 0.717) is 6.42 Å². The minimum Gasteiger partial charge on any atom is -0.481 e. The van der Waals surface area contributed by atoms with Gasteiger partial charge in [0.25, 0.3) is 0 Å². The van der Waals surface area contributed by atoms with Gasteiger partial charge in [0, 0.05) is 11.8 Å². The van der Waals surface area contributed by atoms with Gasteiger partial charge in [-0.1, -0.05) is 33.8 Å². The summed E-state index contributed by atoms with van der Waals surface area (Å²) in [4.78, 5) is 11.3. The van der Waals surface area contributed by atoms with Gasteiger partial charge in [-0.3, -0.25) is 4.79 Å². The molecule has 0 aliphatic rings. The maximum atomic E-state index is 12.5. The zero-order valence-electron chi connectivity index (χ0n) is 11.7. The van der Waals surface area contributed by atoms with Gasteiger partial charge in [0.2, 0.25) is 5.91 Å². The highest BCUT2D eigenvalue weighted by atomic mass is 79.9. The molecule has 0 saturated carbocycles. The van der Waals surface area contributed by atoms with Crippen molar-refractivity contribution in [1.29, 1.82) is 0 Å². The maximum Gasteiger partial charge on any atom is 0.416 e. The van der Waals surface area contributed by atoms with Crippen molar-refractivity contribution in [2.24, 2.45) is 0 Å². The van der Waals surface area contributed by atoms with Crippen molar-refractivity contribution in [2.45, 2.75) is 19.0 Å². The number of hydrogen-bond acceptors (Lipinski definition) is 2. The zero-order valence-corrected chi connectivity index (χ0v) is 13.3. The topological polar surface area (TPSA) is 38.3 Å². The van der Waals surface area contributed by atoms with Crippen LogP contribution in [0.25, 0.3) is 0 Å². The Morgan fingerprint density at radius 1 is 1.32 bits per heavy atom. The molecule has 22 heavy (non-hydrogen) atoms. The van der Waals surface area contributed by atoms with E-state index in [9.17, 15) is 18.0 Å². The Balaban J connectivity index is 2.33. The molecule has 0 radical (unpaired) electrons. The molecule has 0 aromatic heterocycles. The molecule has 1 aromatic rings. The van der Waals surface area contributed by atoms with Crippen molar-refractivity contribution in [2.75, 3.05) is 18.5 Å². The molecule has 0 unspecified atom stereocenters. The molecule has 0 heterocycles. The number of nitrogens with one attached hydrogen (secondary N) is 1. The first-order chi connectivity index (χ1) is 10.4. The van der Waals surface area contributed by atoms with E-state index < -0.39 is 11.7 Å². The molecular weight excluding hydrogens is 363 g/mol. The van der Waals surface area contributed by atoms with Crippen LogP contribution in [0.3, 0.4) is 0 Å². The highest BCUT2D eigenvalue weighted by Crippen LogP contribution is 2.31. The number of alkyl halides is 4. The van der Waals surface area contributed by atoms with Crippen molar-refractivity contribution < 1.29 is 22.7 Å². The Hall–Kier alpha value is -1.68. The van der Waals surface area contributed by atoms with Crippen LogP contribution in [0.4, 0.5) is 13.2 Å². The van der Waals surface area contributed by atoms with Gasteiger partial charge in [-0.25, -0.2) is 0 Å². The van der Waals surface area contributed by atoms with Gasteiger partial charge in [-0.15, -0.1) is 0 Å². The molecule has 7 heteroatoms. The van der Waals surface area contributed by atoms with Crippen LogP contribution in [-0.4, -0.2) is 24.4 Å². The predicted octanol–water partition coefficient (Wildman–Crippen LogP) is 3.38. The van der Waals surface area contributed by atoms with E-state index in [1.54, 1.807) is 0 Å². The van der Waals surface area contributed by atoms with Gasteiger partial charge in [0.05, 0.1) is 12.1 Å². The summed E-state index contributed by atoms with van der Waals surface area (Å²) in [5.41, 5.74) is -0.767. The minimum atomic E-state index is -4.40. The first kappa shape index (κ1) is 18.4. The number of amides is 1. The minimum absolute atomic E-state index is 0.0431. The second kappa shape index (κ2) is 9.36. The highest BCUT2D eigenvalue weighted by Gasteiger charge is 2.30. The Labute approximate surface area is 135 Å². The van der Waals surface area contributed by atoms with Crippen molar-refractivity contribution in [3.63, 3.8) is 0 Å². The molecule has 1 amide bonds. The molecule has 0 saturated heterocycles. The first-order valence-corrected chi connectivity index (χ1v) is 7.64. The van der Waals surface area contributed by atoms with E-state index in [1.807, 2.05) is 0 Å². The average molecular weight is 378 g/mol. The molecule has 1 N–H and O–H groups in total. The van der Waals surface area contributed by atoms with Gasteiger partial charge in [-0.05, 0) is 24.6 Å². The van der Waals surface area contributed by atoms with Gasteiger partial charge in [-0.2, -0.15) is 13.2 Å². The second-order valence-corrected chi connectivity index (χ2v) is 5.03. The molecule has 0 fully saturated rings. The number of benzene rings is 1. The van der Waals surface area contributed by atoms with Crippen LogP contribution in [0.2, 0.25) is 0 Å². The number of hydrogen-bond donors (Lipinski definition) is 1. The molecule has 0 spiro atoms. The summed E-state index contributed by atoms with van der Waals surface area (Å²) in [7, 11) is 0. The summed E-state index contributed by atoms with van der Waals surface area (Å²) in [5, 5.41) is 3.37. The van der Waals surface area contributed by atoms with Crippen LogP contribution in [0.5, 0.6) is 5.75 Å². The van der Waals surface area contributed by atoms with Crippen molar-refractivity contribution >= 4 is 21.8 Å². The van der Waals surface area contributed by atoms with Gasteiger partial charge in [0.1, 0.15) is 12.4 Å². The smallest absolute Gasteiger partial charge is 0.416 e. The monoisotopic (exact) mass is 377 g/mol. The predicted molar refractivity (Wildman–Crippen MR) is 80.8 cm³/mol. The average Bonchev–Trinajstić information content (AvgIpc) is 2.48. The van der Waals surface area contributed by atoms with E-state index in [1.165, 1.54) is 12.1 Å². The molecule has 0 bridgehead atoms. The van der Waals surface area contributed by atoms with Crippen LogP contribution < -0.4 is 10.1 Å². The molecule has 3 nitrogen and oxygen atoms in total. The summed E-state index contributed by atoms with van der Waals surface area (Å²) in [5.74, 6) is 5.31. The Morgan fingerprint density at radius 3 is 2.77 bits per heavy atom. The first-order valence-electron chi connectivity index (χ1n) is 6.52. The summed E-state index contributed by atoms with van der Waals surface area (Å²) in [6, 6.07) is 4.60. The third-order valence-corrected chi connectivity index (χ3v) is 3.07. The van der Waals surface area contributed by atoms with E-state index in [2.05, 4.69) is 33.1 Å². The quantitative estimate of drug-likeness (QED) is 0.609. The Kier molecular flexibility index (Phi) is 7.82. The van der Waals surface area contributed by atoms with E-state index in [0.717, 1.165) is 23.9 Å². The lowest BCUT2D eigenvalue weighted by molar-refractivity contribution is -0.137. The standard InChI is InChI=1S/C15H15BrF3NO2/c16-8-4-7-14(21)20-9-1-2-10-22-13-6-3-5-12(11-13)15(17,18)19/h3,5-6,11H,4,7-10H2,(H,20,21). The van der Waals surface area contributed by atoms with E-state index in [-0.39, 0.29) is 24.8 Å². The normalized spacial score (nSPS) is 10.5. The SMILES string of the molecule is O=C(CCCBr)NCC#CCOc1cccc(C(F)(F)F)c1. The molecular formula is C15H15BrF3NO2. The summed E-state index contributed by atoms with van der Waals surface area (Å²) in [6.45, 7) is 0.144. The molecule has 0 atom stereocenters. The maximum absolute atomic E-state index is 12.5. The lowest BCUT2D eigenvalue weighted by Gasteiger charge is -2.08. The van der Waals surface area contributed by atoms with Gasteiger partial charge >= 0.3 is 6.18 Å². The van der Waals surface area contributed by atoms with E-state index in [4.69, 9.17) is 4.74 Å². The lowest BCUT2D eigenvalue weighted by Crippen LogP contribution is -2.23. The van der Waals surface area contributed by atoms with Gasteiger partial charge < -0.3 is 10.1 Å². The molecule has 120 valence electrons. The fraction of sp³-hybridized carbons (Fsp3) is 0.400. The van der Waals surface area contributed by atoms with Crippen LogP contribution >= 0.6 is 15.9 Å². The third kappa shape index (κ3) is 7.36. The van der Waals surface area contributed by atoms with Crippen LogP contribution in [-0.2, 0) is 11.0 Å². The zero-order chi connectivity index (χ0) is 16.4. The number of ether oxygens (including phenoxy) is 1. The fourth-order valence-corrected chi connectivity index (χ4v) is 1.73. The fourth-order valence-electron chi connectivity index (χ4n) is 1.45. The largest absolute Gasteiger partial charge is 0.481 e. The molecule has 1 aromatic carbocycles. The number of carbonyl (C=O) groups is 1. The summed E-state index contributed by atoms with van der Waals surface area (Å²) < 4.78 is 42.6. The van der Waals surface area contributed by atoms with Crippen molar-refractivity contribution in [3.05, 3.63) is 29.8 Å².